The fourth-order valence-corrected chi connectivity index (χ4v) is 6.54. The summed E-state index contributed by atoms with van der Waals surface area (Å²) < 4.78 is 33.9. The Morgan fingerprint density at radius 1 is 0.554 bits per heavy atom. The molecular weight excluding hydrogens is 725 g/mol. The molecule has 2 atom stereocenters. The van der Waals surface area contributed by atoms with Crippen molar-refractivity contribution in [3.8, 4) is 0 Å². The van der Waals surface area contributed by atoms with Crippen LogP contribution in [0, 0.1) is 0 Å². The minimum atomic E-state index is -4.63. The summed E-state index contributed by atoms with van der Waals surface area (Å²) in [6, 6.07) is 0. The summed E-state index contributed by atoms with van der Waals surface area (Å²) in [4.78, 5) is 37.5. The molecule has 0 aliphatic rings. The maximum atomic E-state index is 12.7. The normalized spacial score (nSPS) is 14.0. The Labute approximate surface area is 343 Å². The zero-order chi connectivity index (χ0) is 41.4. The van der Waals surface area contributed by atoms with Crippen molar-refractivity contribution in [3.05, 3.63) is 48.6 Å². The summed E-state index contributed by atoms with van der Waals surface area (Å²) >= 11 is 0. The highest BCUT2D eigenvalue weighted by Gasteiger charge is 2.21. The lowest BCUT2D eigenvalue weighted by molar-refractivity contribution is -0.870. The first-order valence-corrected chi connectivity index (χ1v) is 23.8. The minimum Gasteiger partial charge on any atom is -0.756 e. The Morgan fingerprint density at radius 2 is 0.964 bits per heavy atom. The van der Waals surface area contributed by atoms with Gasteiger partial charge in [-0.1, -0.05) is 159 Å². The Bertz CT molecular complexity index is 1100. The second-order valence-corrected chi connectivity index (χ2v) is 17.5. The molecule has 9 nitrogen and oxygen atoms in total. The fraction of sp³-hybridized carbons (Fsp3) is 0.783. The van der Waals surface area contributed by atoms with Gasteiger partial charge >= 0.3 is 11.9 Å². The van der Waals surface area contributed by atoms with Crippen LogP contribution >= 0.6 is 7.82 Å². The fourth-order valence-electron chi connectivity index (χ4n) is 5.81. The Hall–Kier alpha value is -2.03. The van der Waals surface area contributed by atoms with Gasteiger partial charge in [-0.2, -0.15) is 0 Å². The number of carbonyl (C=O) groups is 2. The average molecular weight is 810 g/mol. The number of phosphoric acid groups is 1. The van der Waals surface area contributed by atoms with E-state index in [1.54, 1.807) is 0 Å². The van der Waals surface area contributed by atoms with E-state index in [1.807, 2.05) is 21.1 Å². The number of carbonyl (C=O) groups excluding carboxylic acids is 2. The van der Waals surface area contributed by atoms with Gasteiger partial charge in [0.25, 0.3) is 7.82 Å². The number of unbranched alkanes of at least 4 members (excludes halogenated alkanes) is 18. The van der Waals surface area contributed by atoms with Crippen molar-refractivity contribution in [2.75, 3.05) is 47.5 Å². The number of quaternary nitrogens is 1. The van der Waals surface area contributed by atoms with Gasteiger partial charge in [0.05, 0.1) is 27.7 Å². The summed E-state index contributed by atoms with van der Waals surface area (Å²) in [5.41, 5.74) is 0. The third-order valence-corrected chi connectivity index (χ3v) is 10.3. The zero-order valence-electron chi connectivity index (χ0n) is 36.6. The zero-order valence-corrected chi connectivity index (χ0v) is 37.5. The van der Waals surface area contributed by atoms with Crippen molar-refractivity contribution in [1.29, 1.82) is 0 Å². The number of rotatable bonds is 40. The highest BCUT2D eigenvalue weighted by molar-refractivity contribution is 7.45. The first-order chi connectivity index (χ1) is 27.0. The van der Waals surface area contributed by atoms with E-state index in [9.17, 15) is 19.0 Å². The van der Waals surface area contributed by atoms with Gasteiger partial charge in [0.15, 0.2) is 6.10 Å². The number of ether oxygens (including phenoxy) is 2. The molecule has 2 unspecified atom stereocenters. The molecule has 326 valence electrons. The van der Waals surface area contributed by atoms with Crippen LogP contribution in [0.4, 0.5) is 0 Å². The summed E-state index contributed by atoms with van der Waals surface area (Å²) in [6.45, 7) is 4.16. The van der Waals surface area contributed by atoms with Crippen molar-refractivity contribution < 1.29 is 42.1 Å². The highest BCUT2D eigenvalue weighted by Crippen LogP contribution is 2.38. The standard InChI is InChI=1S/C46H84NO8P/c1-6-8-10-12-14-16-18-20-21-22-23-24-25-27-29-31-33-35-37-39-46(49)55-44(43-54-56(50,51)53-41-40-47(3,4)5)42-52-45(48)38-36-34-32-30-28-26-19-17-15-13-11-9-7-2/h14,16,20-21,23-24,27,29,44H,6-13,15,17-19,22,25-26,28,30-43H2,1-5H3/b16-14-,21-20-,24-23-,29-27-. The lowest BCUT2D eigenvalue weighted by Crippen LogP contribution is -2.37. The van der Waals surface area contributed by atoms with Crippen LogP contribution in [0.25, 0.3) is 0 Å². The first-order valence-electron chi connectivity index (χ1n) is 22.3. The number of hydrogen-bond acceptors (Lipinski definition) is 8. The van der Waals surface area contributed by atoms with E-state index in [0.29, 0.717) is 17.4 Å². The number of hydrogen-bond donors (Lipinski definition) is 0. The number of allylic oxidation sites excluding steroid dienone is 8. The molecule has 0 bridgehead atoms. The monoisotopic (exact) mass is 810 g/mol. The molecular formula is C46H84NO8P. The van der Waals surface area contributed by atoms with Crippen LogP contribution < -0.4 is 4.89 Å². The van der Waals surface area contributed by atoms with Crippen LogP contribution in [-0.4, -0.2) is 70.0 Å². The van der Waals surface area contributed by atoms with Gasteiger partial charge in [-0.15, -0.1) is 0 Å². The van der Waals surface area contributed by atoms with Crippen molar-refractivity contribution in [1.82, 2.24) is 0 Å². The highest BCUT2D eigenvalue weighted by atomic mass is 31.2. The number of phosphoric ester groups is 1. The Kier molecular flexibility index (Phi) is 37.1. The summed E-state index contributed by atoms with van der Waals surface area (Å²) in [5.74, 6) is -0.869. The molecule has 0 fully saturated rings. The van der Waals surface area contributed by atoms with Crippen LogP contribution in [0.3, 0.4) is 0 Å². The molecule has 0 aliphatic heterocycles. The Balaban J connectivity index is 4.42. The van der Waals surface area contributed by atoms with Gasteiger partial charge in [-0.25, -0.2) is 0 Å². The predicted molar refractivity (Wildman–Crippen MR) is 231 cm³/mol. The van der Waals surface area contributed by atoms with Gasteiger partial charge in [0.1, 0.15) is 19.8 Å². The van der Waals surface area contributed by atoms with Gasteiger partial charge in [0.2, 0.25) is 0 Å². The van der Waals surface area contributed by atoms with Gasteiger partial charge in [-0.05, 0) is 57.8 Å². The molecule has 0 spiro atoms. The van der Waals surface area contributed by atoms with E-state index in [4.69, 9.17) is 18.5 Å². The molecule has 0 aromatic rings. The Morgan fingerprint density at radius 3 is 1.46 bits per heavy atom. The van der Waals surface area contributed by atoms with Crippen molar-refractivity contribution >= 4 is 19.8 Å². The number of nitrogens with zero attached hydrogens (tertiary/aromatic N) is 1. The van der Waals surface area contributed by atoms with Gasteiger partial charge in [-0.3, -0.25) is 14.2 Å². The number of likely N-dealkylation sites (N-methyl/N-ethyl adjacent to an activating group) is 1. The molecule has 0 radical (unpaired) electrons. The smallest absolute Gasteiger partial charge is 0.306 e. The van der Waals surface area contributed by atoms with Crippen LogP contribution in [0.15, 0.2) is 48.6 Å². The minimum absolute atomic E-state index is 0.0378. The lowest BCUT2D eigenvalue weighted by atomic mass is 10.0. The SMILES string of the molecule is CCCCC/C=C\C/C=C\C/C=C\C/C=C\CCCCCC(=O)OC(COC(=O)CCCCCCCCCCCCCCC)COP(=O)([O-])OCC[N+](C)(C)C. The molecule has 0 amide bonds. The van der Waals surface area contributed by atoms with E-state index < -0.39 is 32.5 Å². The molecule has 0 aromatic heterocycles. The molecule has 0 N–H and O–H groups in total. The van der Waals surface area contributed by atoms with Crippen LogP contribution in [0.5, 0.6) is 0 Å². The second-order valence-electron chi connectivity index (χ2n) is 16.1. The van der Waals surface area contributed by atoms with Crippen LogP contribution in [0.1, 0.15) is 181 Å². The van der Waals surface area contributed by atoms with E-state index >= 15 is 0 Å². The maximum Gasteiger partial charge on any atom is 0.306 e. The average Bonchev–Trinajstić information content (AvgIpc) is 3.15. The maximum absolute atomic E-state index is 12.7. The van der Waals surface area contributed by atoms with Crippen LogP contribution in [-0.2, 0) is 32.7 Å². The van der Waals surface area contributed by atoms with E-state index in [2.05, 4.69) is 62.5 Å². The topological polar surface area (TPSA) is 111 Å². The summed E-state index contributed by atoms with van der Waals surface area (Å²) in [7, 11) is 1.14. The van der Waals surface area contributed by atoms with Gasteiger partial charge in [0, 0.05) is 12.8 Å². The molecule has 0 rings (SSSR count). The van der Waals surface area contributed by atoms with Crippen LogP contribution in [0.2, 0.25) is 0 Å². The predicted octanol–water partition coefficient (Wildman–Crippen LogP) is 12.1. The van der Waals surface area contributed by atoms with E-state index in [1.165, 1.54) is 89.9 Å². The third-order valence-electron chi connectivity index (χ3n) is 9.35. The van der Waals surface area contributed by atoms with Gasteiger partial charge < -0.3 is 27.9 Å². The third kappa shape index (κ3) is 41.6. The van der Waals surface area contributed by atoms with Crippen molar-refractivity contribution in [3.63, 3.8) is 0 Å². The second kappa shape index (κ2) is 38.5. The first kappa shape index (κ1) is 54.0. The largest absolute Gasteiger partial charge is 0.756 e. The molecule has 10 heteroatoms. The van der Waals surface area contributed by atoms with Crippen molar-refractivity contribution in [2.45, 2.75) is 187 Å². The quantitative estimate of drug-likeness (QED) is 0.0198. The lowest BCUT2D eigenvalue weighted by Gasteiger charge is -2.28. The molecule has 0 saturated heterocycles. The molecule has 0 heterocycles. The van der Waals surface area contributed by atoms with E-state index in [-0.39, 0.29) is 26.1 Å². The molecule has 0 aromatic carbocycles. The molecule has 0 aliphatic carbocycles. The molecule has 0 saturated carbocycles. The summed E-state index contributed by atoms with van der Waals surface area (Å²) in [6.07, 6.45) is 44.2. The van der Waals surface area contributed by atoms with E-state index in [0.717, 1.165) is 57.8 Å². The number of esters is 2. The summed E-state index contributed by atoms with van der Waals surface area (Å²) in [5, 5.41) is 0. The molecule has 56 heavy (non-hydrogen) atoms. The van der Waals surface area contributed by atoms with Crippen molar-refractivity contribution in [2.24, 2.45) is 0 Å².